The first-order valence-electron chi connectivity index (χ1n) is 9.08. The number of rotatable bonds is 8. The zero-order chi connectivity index (χ0) is 20.9. The lowest BCUT2D eigenvalue weighted by Gasteiger charge is -2.27. The van der Waals surface area contributed by atoms with Crippen molar-refractivity contribution >= 4 is 35.1 Å². The number of thiophene rings is 1. The van der Waals surface area contributed by atoms with Crippen LogP contribution in [-0.2, 0) is 16.1 Å². The second kappa shape index (κ2) is 9.13. The Morgan fingerprint density at radius 1 is 1.40 bits per heavy atom. The molecule has 0 radical (unpaired) electrons. The first-order chi connectivity index (χ1) is 14.7. The van der Waals surface area contributed by atoms with E-state index in [0.29, 0.717) is 23.2 Å². The summed E-state index contributed by atoms with van der Waals surface area (Å²) in [5.74, 6) is 0.182. The minimum Gasteiger partial charge on any atom is -0.467 e. The van der Waals surface area contributed by atoms with Gasteiger partial charge in [0, 0.05) is 16.3 Å². The molecule has 0 aliphatic carbocycles. The molecule has 3 aromatic heterocycles. The van der Waals surface area contributed by atoms with Crippen molar-refractivity contribution in [2.24, 2.45) is 0 Å². The van der Waals surface area contributed by atoms with Crippen molar-refractivity contribution in [1.82, 2.24) is 30.8 Å². The van der Waals surface area contributed by atoms with Crippen LogP contribution in [0.3, 0.4) is 0 Å². The normalized spacial score (nSPS) is 16.3. The molecule has 4 heterocycles. The highest BCUT2D eigenvalue weighted by atomic mass is 32.2. The number of hydrogen-bond acceptors (Lipinski definition) is 9. The largest absolute Gasteiger partial charge is 0.467 e. The lowest BCUT2D eigenvalue weighted by Crippen LogP contribution is -2.46. The molecule has 1 atom stereocenters. The van der Waals surface area contributed by atoms with Crippen LogP contribution in [0.5, 0.6) is 0 Å². The first-order valence-corrected chi connectivity index (χ1v) is 10.9. The number of tetrazole rings is 1. The van der Waals surface area contributed by atoms with E-state index in [0.717, 1.165) is 4.88 Å². The number of esters is 1. The van der Waals surface area contributed by atoms with Gasteiger partial charge in [-0.1, -0.05) is 17.8 Å². The molecule has 1 aliphatic rings. The molecule has 10 nitrogen and oxygen atoms in total. The molecule has 12 heteroatoms. The fourth-order valence-electron chi connectivity index (χ4n) is 2.94. The Kier molecular flexibility index (Phi) is 6.14. The third-order valence-electron chi connectivity index (χ3n) is 4.21. The van der Waals surface area contributed by atoms with Gasteiger partial charge in [-0.2, -0.15) is 0 Å². The smallest absolute Gasteiger partial charge is 0.338 e. The highest BCUT2D eigenvalue weighted by Gasteiger charge is 2.35. The second-order valence-corrected chi connectivity index (χ2v) is 8.12. The molecule has 0 saturated heterocycles. The summed E-state index contributed by atoms with van der Waals surface area (Å²) in [5.41, 5.74) is 0.713. The molecule has 3 aromatic rings. The van der Waals surface area contributed by atoms with Gasteiger partial charge in [0.05, 0.1) is 25.0 Å². The average Bonchev–Trinajstić information content (AvgIpc) is 3.50. The SMILES string of the molecule is CCOC(=O)C1=C(CSc2nnnn2Cc2cccs2)NC(=O)N[C@H]1c1ccco1. The third-order valence-corrected chi connectivity index (χ3v) is 6.05. The summed E-state index contributed by atoms with van der Waals surface area (Å²) in [6, 6.07) is 6.18. The number of furan rings is 1. The maximum absolute atomic E-state index is 12.7. The van der Waals surface area contributed by atoms with Gasteiger partial charge < -0.3 is 19.8 Å². The number of amides is 2. The predicted octanol–water partition coefficient (Wildman–Crippen LogP) is 2.34. The van der Waals surface area contributed by atoms with E-state index >= 15 is 0 Å². The van der Waals surface area contributed by atoms with Gasteiger partial charge in [-0.05, 0) is 40.9 Å². The summed E-state index contributed by atoms with van der Waals surface area (Å²) in [5, 5.41) is 19.8. The number of carbonyl (C=O) groups is 2. The molecular weight excluding hydrogens is 428 g/mol. The summed E-state index contributed by atoms with van der Waals surface area (Å²) in [6.45, 7) is 2.47. The highest BCUT2D eigenvalue weighted by molar-refractivity contribution is 7.99. The van der Waals surface area contributed by atoms with Gasteiger partial charge in [-0.25, -0.2) is 14.3 Å². The van der Waals surface area contributed by atoms with Crippen LogP contribution >= 0.6 is 23.1 Å². The van der Waals surface area contributed by atoms with E-state index in [9.17, 15) is 9.59 Å². The van der Waals surface area contributed by atoms with Crippen molar-refractivity contribution in [2.45, 2.75) is 24.7 Å². The summed E-state index contributed by atoms with van der Waals surface area (Å²) in [6.07, 6.45) is 1.49. The number of thioether (sulfide) groups is 1. The molecule has 0 bridgehead atoms. The quantitative estimate of drug-likeness (QED) is 0.399. The summed E-state index contributed by atoms with van der Waals surface area (Å²) in [4.78, 5) is 26.1. The van der Waals surface area contributed by atoms with Gasteiger partial charge in [-0.3, -0.25) is 0 Å². The summed E-state index contributed by atoms with van der Waals surface area (Å²) in [7, 11) is 0. The Balaban J connectivity index is 1.60. The predicted molar refractivity (Wildman–Crippen MR) is 109 cm³/mol. The molecule has 30 heavy (non-hydrogen) atoms. The van der Waals surface area contributed by atoms with E-state index in [-0.39, 0.29) is 17.9 Å². The van der Waals surface area contributed by atoms with Gasteiger partial charge in [0.15, 0.2) is 0 Å². The number of hydrogen-bond donors (Lipinski definition) is 2. The monoisotopic (exact) mass is 446 g/mol. The molecule has 0 spiro atoms. The van der Waals surface area contributed by atoms with Crippen LogP contribution in [0.4, 0.5) is 4.79 Å². The van der Waals surface area contributed by atoms with Crippen LogP contribution in [-0.4, -0.2) is 44.6 Å². The number of nitrogens with zero attached hydrogens (tertiary/aromatic N) is 4. The maximum Gasteiger partial charge on any atom is 0.338 e. The van der Waals surface area contributed by atoms with Crippen molar-refractivity contribution in [2.75, 3.05) is 12.4 Å². The van der Waals surface area contributed by atoms with Crippen LogP contribution in [0.25, 0.3) is 0 Å². The standard InChI is InChI=1S/C18H18N6O4S2/c1-2-27-16(25)14-12(19-17(26)20-15(14)13-6-3-7-28-13)10-30-18-21-22-23-24(18)9-11-5-4-8-29-11/h3-8,15H,2,9-10H2,1H3,(H2,19,20,26)/t15-/m0/s1. The molecule has 0 fully saturated rings. The average molecular weight is 447 g/mol. The lowest BCUT2D eigenvalue weighted by atomic mass is 10.0. The van der Waals surface area contributed by atoms with E-state index in [1.807, 2.05) is 17.5 Å². The highest BCUT2D eigenvalue weighted by Crippen LogP contribution is 2.30. The van der Waals surface area contributed by atoms with Crippen LogP contribution in [0.2, 0.25) is 0 Å². The molecule has 156 valence electrons. The molecule has 0 aromatic carbocycles. The molecular formula is C18H18N6O4S2. The lowest BCUT2D eigenvalue weighted by molar-refractivity contribution is -0.139. The molecule has 2 N–H and O–H groups in total. The Morgan fingerprint density at radius 3 is 3.03 bits per heavy atom. The number of carbonyl (C=O) groups excluding carboxylic acids is 2. The minimum absolute atomic E-state index is 0.209. The van der Waals surface area contributed by atoms with Crippen molar-refractivity contribution in [3.63, 3.8) is 0 Å². The van der Waals surface area contributed by atoms with E-state index in [1.54, 1.807) is 35.1 Å². The van der Waals surface area contributed by atoms with Gasteiger partial charge in [-0.15, -0.1) is 16.4 Å². The zero-order valence-corrected chi connectivity index (χ0v) is 17.5. The van der Waals surface area contributed by atoms with E-state index < -0.39 is 18.0 Å². The fraction of sp³-hybridized carbons (Fsp3) is 0.278. The first kappa shape index (κ1) is 20.2. The van der Waals surface area contributed by atoms with Crippen LogP contribution in [0.15, 0.2) is 56.8 Å². The van der Waals surface area contributed by atoms with Crippen LogP contribution in [0, 0.1) is 0 Å². The van der Waals surface area contributed by atoms with Gasteiger partial charge in [0.1, 0.15) is 11.8 Å². The Hall–Kier alpha value is -3.12. The topological polar surface area (TPSA) is 124 Å². The van der Waals surface area contributed by atoms with Gasteiger partial charge >= 0.3 is 12.0 Å². The Morgan fingerprint density at radius 2 is 2.30 bits per heavy atom. The van der Waals surface area contributed by atoms with Crippen molar-refractivity contribution < 1.29 is 18.7 Å². The Bertz CT molecular complexity index is 1040. The van der Waals surface area contributed by atoms with E-state index in [2.05, 4.69) is 26.2 Å². The number of ether oxygens (including phenoxy) is 1. The molecule has 1 aliphatic heterocycles. The molecule has 0 unspecified atom stereocenters. The fourth-order valence-corrected chi connectivity index (χ4v) is 4.47. The number of nitrogens with one attached hydrogen (secondary N) is 2. The third kappa shape index (κ3) is 4.39. The van der Waals surface area contributed by atoms with E-state index in [1.165, 1.54) is 18.0 Å². The van der Waals surface area contributed by atoms with Crippen LogP contribution in [0.1, 0.15) is 23.6 Å². The minimum atomic E-state index is -0.745. The van der Waals surface area contributed by atoms with Crippen molar-refractivity contribution in [3.05, 3.63) is 57.8 Å². The van der Waals surface area contributed by atoms with Gasteiger partial charge in [0.25, 0.3) is 0 Å². The molecule has 2 amide bonds. The second-order valence-electron chi connectivity index (χ2n) is 6.15. The molecule has 4 rings (SSSR count). The number of urea groups is 1. The van der Waals surface area contributed by atoms with Crippen molar-refractivity contribution in [1.29, 1.82) is 0 Å². The maximum atomic E-state index is 12.7. The zero-order valence-electron chi connectivity index (χ0n) is 15.9. The summed E-state index contributed by atoms with van der Waals surface area (Å²) >= 11 is 2.93. The van der Waals surface area contributed by atoms with E-state index in [4.69, 9.17) is 9.15 Å². The Labute approximate surface area is 179 Å². The van der Waals surface area contributed by atoms with Gasteiger partial charge in [0.2, 0.25) is 5.16 Å². The molecule has 0 saturated carbocycles. The van der Waals surface area contributed by atoms with Crippen LogP contribution < -0.4 is 10.6 Å². The number of aromatic nitrogens is 4. The van der Waals surface area contributed by atoms with Crippen molar-refractivity contribution in [3.8, 4) is 0 Å². The summed E-state index contributed by atoms with van der Waals surface area (Å²) < 4.78 is 12.3.